The highest BCUT2D eigenvalue weighted by Gasteiger charge is 2.21. The molecule has 1 heterocycles. The SMILES string of the molecule is Cc1ccc(C(N)=S)c(Nc2c(F)c(F)cc(F)c2F)n1. The third kappa shape index (κ3) is 2.94. The Bertz CT molecular complexity index is 708. The molecule has 0 bridgehead atoms. The number of nitrogens with two attached hydrogens (primary N) is 1. The second-order valence-corrected chi connectivity index (χ2v) is 4.62. The zero-order valence-electron chi connectivity index (χ0n) is 10.7. The molecule has 0 atom stereocenters. The van der Waals surface area contributed by atoms with E-state index in [1.54, 1.807) is 13.0 Å². The number of nitrogens with one attached hydrogen (secondary N) is 1. The van der Waals surface area contributed by atoms with Crippen molar-refractivity contribution in [3.8, 4) is 0 Å². The summed E-state index contributed by atoms with van der Waals surface area (Å²) in [5, 5.41) is 2.20. The van der Waals surface area contributed by atoms with Gasteiger partial charge >= 0.3 is 0 Å². The summed E-state index contributed by atoms with van der Waals surface area (Å²) < 4.78 is 53.6. The minimum absolute atomic E-state index is 0.0808. The summed E-state index contributed by atoms with van der Waals surface area (Å²) in [5.41, 5.74) is 5.16. The van der Waals surface area contributed by atoms with Crippen LogP contribution in [0, 0.1) is 30.2 Å². The van der Waals surface area contributed by atoms with Crippen molar-refractivity contribution in [2.75, 3.05) is 5.32 Å². The van der Waals surface area contributed by atoms with E-state index in [0.29, 0.717) is 5.69 Å². The topological polar surface area (TPSA) is 50.9 Å². The smallest absolute Gasteiger partial charge is 0.185 e. The number of benzene rings is 1. The van der Waals surface area contributed by atoms with E-state index < -0.39 is 29.0 Å². The molecule has 110 valence electrons. The van der Waals surface area contributed by atoms with Crippen LogP contribution in [0.15, 0.2) is 18.2 Å². The van der Waals surface area contributed by atoms with E-state index in [0.717, 1.165) is 0 Å². The average molecular weight is 315 g/mol. The van der Waals surface area contributed by atoms with E-state index >= 15 is 0 Å². The van der Waals surface area contributed by atoms with Crippen molar-refractivity contribution in [3.63, 3.8) is 0 Å². The van der Waals surface area contributed by atoms with Crippen LogP contribution in [0.2, 0.25) is 0 Å². The second-order valence-electron chi connectivity index (χ2n) is 4.18. The number of halogens is 4. The molecule has 0 unspecified atom stereocenters. The molecular formula is C13H9F4N3S. The highest BCUT2D eigenvalue weighted by Crippen LogP contribution is 2.28. The Balaban J connectivity index is 2.58. The fourth-order valence-electron chi connectivity index (χ4n) is 1.65. The predicted molar refractivity (Wildman–Crippen MR) is 74.4 cm³/mol. The number of anilines is 2. The summed E-state index contributed by atoms with van der Waals surface area (Å²) in [6.07, 6.45) is 0. The molecule has 0 saturated heterocycles. The normalized spacial score (nSPS) is 10.5. The quantitative estimate of drug-likeness (QED) is 0.518. The summed E-state index contributed by atoms with van der Waals surface area (Å²) in [7, 11) is 0. The van der Waals surface area contributed by atoms with E-state index in [1.165, 1.54) is 6.07 Å². The van der Waals surface area contributed by atoms with Gasteiger partial charge in [-0.05, 0) is 19.1 Å². The molecule has 0 aliphatic rings. The lowest BCUT2D eigenvalue weighted by Crippen LogP contribution is -2.14. The van der Waals surface area contributed by atoms with E-state index in [9.17, 15) is 17.6 Å². The average Bonchev–Trinajstić information content (AvgIpc) is 2.41. The Hall–Kier alpha value is -2.22. The van der Waals surface area contributed by atoms with Crippen LogP contribution in [0.5, 0.6) is 0 Å². The van der Waals surface area contributed by atoms with Crippen LogP contribution in [-0.2, 0) is 0 Å². The maximum absolute atomic E-state index is 13.6. The number of aryl methyl sites for hydroxylation is 1. The fraction of sp³-hybridized carbons (Fsp3) is 0.0769. The van der Waals surface area contributed by atoms with Gasteiger partial charge in [-0.25, -0.2) is 22.5 Å². The highest BCUT2D eigenvalue weighted by molar-refractivity contribution is 7.80. The van der Waals surface area contributed by atoms with Gasteiger partial charge in [-0.1, -0.05) is 12.2 Å². The first-order chi connectivity index (χ1) is 9.81. The maximum Gasteiger partial charge on any atom is 0.185 e. The van der Waals surface area contributed by atoms with E-state index in [1.807, 2.05) is 0 Å². The summed E-state index contributed by atoms with van der Waals surface area (Å²) in [5.74, 6) is -6.27. The number of hydrogen-bond donors (Lipinski definition) is 2. The van der Waals surface area contributed by atoms with Crippen molar-refractivity contribution in [2.24, 2.45) is 5.73 Å². The van der Waals surface area contributed by atoms with Crippen LogP contribution in [-0.4, -0.2) is 9.97 Å². The number of hydrogen-bond acceptors (Lipinski definition) is 3. The van der Waals surface area contributed by atoms with Crippen LogP contribution in [0.3, 0.4) is 0 Å². The summed E-state index contributed by atoms with van der Waals surface area (Å²) >= 11 is 4.79. The van der Waals surface area contributed by atoms with Crippen LogP contribution in [0.25, 0.3) is 0 Å². The maximum atomic E-state index is 13.6. The van der Waals surface area contributed by atoms with Crippen LogP contribution in [0.4, 0.5) is 29.1 Å². The molecule has 0 aliphatic heterocycles. The third-order valence-electron chi connectivity index (χ3n) is 2.66. The van der Waals surface area contributed by atoms with Crippen molar-refractivity contribution in [1.82, 2.24) is 4.98 Å². The van der Waals surface area contributed by atoms with Crippen molar-refractivity contribution in [2.45, 2.75) is 6.92 Å². The molecule has 0 spiro atoms. The molecule has 3 N–H and O–H groups in total. The monoisotopic (exact) mass is 315 g/mol. The Morgan fingerprint density at radius 2 is 1.71 bits per heavy atom. The molecule has 0 amide bonds. The third-order valence-corrected chi connectivity index (χ3v) is 2.88. The summed E-state index contributed by atoms with van der Waals surface area (Å²) in [6.45, 7) is 1.62. The van der Waals surface area contributed by atoms with E-state index in [4.69, 9.17) is 18.0 Å². The van der Waals surface area contributed by atoms with Crippen LogP contribution < -0.4 is 11.1 Å². The van der Waals surface area contributed by atoms with Gasteiger partial charge in [0.05, 0.1) is 5.56 Å². The Morgan fingerprint density at radius 3 is 2.24 bits per heavy atom. The number of rotatable bonds is 3. The summed E-state index contributed by atoms with van der Waals surface area (Å²) in [6, 6.07) is 3.19. The molecule has 1 aromatic carbocycles. The summed E-state index contributed by atoms with van der Waals surface area (Å²) in [4.78, 5) is 3.89. The van der Waals surface area contributed by atoms with Gasteiger partial charge in [-0.2, -0.15) is 0 Å². The number of thiocarbonyl (C=S) groups is 1. The molecule has 0 saturated carbocycles. The van der Waals surface area contributed by atoms with Crippen molar-refractivity contribution >= 4 is 28.7 Å². The zero-order chi connectivity index (χ0) is 15.7. The largest absolute Gasteiger partial charge is 0.389 e. The Morgan fingerprint density at radius 1 is 1.14 bits per heavy atom. The lowest BCUT2D eigenvalue weighted by Gasteiger charge is -2.13. The Labute approximate surface area is 122 Å². The van der Waals surface area contributed by atoms with Gasteiger partial charge < -0.3 is 11.1 Å². The van der Waals surface area contributed by atoms with Gasteiger partial charge in [0, 0.05) is 11.8 Å². The van der Waals surface area contributed by atoms with Crippen molar-refractivity contribution in [3.05, 3.63) is 52.7 Å². The van der Waals surface area contributed by atoms with Gasteiger partial charge in [0.2, 0.25) is 0 Å². The van der Waals surface area contributed by atoms with Crippen LogP contribution in [0.1, 0.15) is 11.3 Å². The van der Waals surface area contributed by atoms with Crippen molar-refractivity contribution < 1.29 is 17.6 Å². The predicted octanol–water partition coefficient (Wildman–Crippen LogP) is 3.32. The molecule has 0 radical (unpaired) electrons. The molecule has 8 heteroatoms. The molecular weight excluding hydrogens is 306 g/mol. The standard InChI is InChI=1S/C13H9F4N3S/c1-5-2-3-6(12(18)21)13(19-5)20-11-9(16)7(14)4-8(15)10(11)17/h2-4H,1H3,(H2,18,21)(H,19,20). The molecule has 0 fully saturated rings. The van der Waals surface area contributed by atoms with Crippen LogP contribution >= 0.6 is 12.2 Å². The molecule has 21 heavy (non-hydrogen) atoms. The minimum atomic E-state index is -1.56. The molecule has 2 rings (SSSR count). The van der Waals surface area contributed by atoms with Gasteiger partial charge in [-0.3, -0.25) is 0 Å². The fourth-order valence-corrected chi connectivity index (χ4v) is 1.82. The lowest BCUT2D eigenvalue weighted by molar-refractivity contribution is 0.459. The van der Waals surface area contributed by atoms with Gasteiger partial charge in [0.1, 0.15) is 16.5 Å². The Kier molecular flexibility index (Phi) is 4.08. The first kappa shape index (κ1) is 15.2. The lowest BCUT2D eigenvalue weighted by atomic mass is 10.2. The first-order valence-electron chi connectivity index (χ1n) is 5.68. The highest BCUT2D eigenvalue weighted by atomic mass is 32.1. The zero-order valence-corrected chi connectivity index (χ0v) is 11.5. The van der Waals surface area contributed by atoms with Gasteiger partial charge in [-0.15, -0.1) is 0 Å². The minimum Gasteiger partial charge on any atom is -0.389 e. The van der Waals surface area contributed by atoms with Crippen molar-refractivity contribution in [1.29, 1.82) is 0 Å². The molecule has 2 aromatic rings. The molecule has 3 nitrogen and oxygen atoms in total. The van der Waals surface area contributed by atoms with Gasteiger partial charge in [0.15, 0.2) is 23.3 Å². The molecule has 1 aromatic heterocycles. The second kappa shape index (κ2) is 5.65. The number of nitrogens with zero attached hydrogens (tertiary/aromatic N) is 1. The number of pyridine rings is 1. The van der Waals surface area contributed by atoms with E-state index in [-0.39, 0.29) is 22.4 Å². The van der Waals surface area contributed by atoms with Gasteiger partial charge in [0.25, 0.3) is 0 Å². The number of aromatic nitrogens is 1. The molecule has 0 aliphatic carbocycles. The first-order valence-corrected chi connectivity index (χ1v) is 6.09. The van der Waals surface area contributed by atoms with E-state index in [2.05, 4.69) is 10.3 Å².